The lowest BCUT2D eigenvalue weighted by Gasteiger charge is -2.26. The largest absolute Gasteiger partial charge is 0.341 e. The van der Waals surface area contributed by atoms with Crippen LogP contribution in [0.25, 0.3) is 0 Å². The van der Waals surface area contributed by atoms with E-state index in [4.69, 9.17) is 0 Å². The number of sulfonamides is 1. The molecule has 0 atom stereocenters. The fourth-order valence-corrected chi connectivity index (χ4v) is 4.67. The second kappa shape index (κ2) is 7.58. The normalized spacial score (nSPS) is 14.5. The number of carbonyl (C=O) groups is 1. The van der Waals surface area contributed by atoms with Crippen molar-refractivity contribution in [1.82, 2.24) is 4.90 Å². The van der Waals surface area contributed by atoms with Crippen molar-refractivity contribution in [3.05, 3.63) is 59.1 Å². The molecule has 0 aromatic heterocycles. The minimum absolute atomic E-state index is 0.169. The molecule has 0 aliphatic carbocycles. The number of rotatable bonds is 5. The molecule has 7 heteroatoms. The van der Waals surface area contributed by atoms with Crippen molar-refractivity contribution in [3.63, 3.8) is 0 Å². The number of anilines is 1. The van der Waals surface area contributed by atoms with Gasteiger partial charge in [-0.25, -0.2) is 8.42 Å². The quantitative estimate of drug-likeness (QED) is 0.742. The van der Waals surface area contributed by atoms with E-state index in [1.165, 1.54) is 4.31 Å². The van der Waals surface area contributed by atoms with Crippen molar-refractivity contribution in [3.8, 4) is 0 Å². The summed E-state index contributed by atoms with van der Waals surface area (Å²) in [7, 11) is -3.83. The van der Waals surface area contributed by atoms with Crippen LogP contribution in [0, 0.1) is 0 Å². The molecule has 2 aromatic carbocycles. The molecule has 1 aliphatic heterocycles. The van der Waals surface area contributed by atoms with Crippen molar-refractivity contribution >= 4 is 37.5 Å². The van der Waals surface area contributed by atoms with Gasteiger partial charge in [0.15, 0.2) is 0 Å². The second-order valence-electron chi connectivity index (χ2n) is 5.89. The monoisotopic (exact) mass is 422 g/mol. The summed E-state index contributed by atoms with van der Waals surface area (Å²) >= 11 is 3.37. The smallest absolute Gasteiger partial charge is 0.264 e. The first-order valence-corrected chi connectivity index (χ1v) is 10.3. The Labute approximate surface area is 156 Å². The third kappa shape index (κ3) is 4.04. The van der Waals surface area contributed by atoms with E-state index in [0.29, 0.717) is 18.8 Å². The Balaban J connectivity index is 1.98. The molecule has 0 radical (unpaired) electrons. The lowest BCUT2D eigenvalue weighted by Crippen LogP contribution is -2.42. The van der Waals surface area contributed by atoms with Gasteiger partial charge in [0.05, 0.1) is 10.6 Å². The minimum atomic E-state index is -3.83. The van der Waals surface area contributed by atoms with E-state index in [-0.39, 0.29) is 17.3 Å². The second-order valence-corrected chi connectivity index (χ2v) is 8.67. The summed E-state index contributed by atoms with van der Waals surface area (Å²) in [5.41, 5.74) is 0.464. The van der Waals surface area contributed by atoms with Gasteiger partial charge >= 0.3 is 0 Å². The van der Waals surface area contributed by atoms with Gasteiger partial charge in [0.2, 0.25) is 5.91 Å². The zero-order valence-corrected chi connectivity index (χ0v) is 16.0. The molecule has 2 aromatic rings. The Hall–Kier alpha value is -1.86. The summed E-state index contributed by atoms with van der Waals surface area (Å²) in [5.74, 6) is -0.169. The molecule has 0 unspecified atom stereocenters. The maximum absolute atomic E-state index is 13.1. The van der Waals surface area contributed by atoms with Gasteiger partial charge < -0.3 is 4.90 Å². The predicted octanol–water partition coefficient (Wildman–Crippen LogP) is 3.27. The number of carbonyl (C=O) groups excluding carboxylic acids is 1. The average molecular weight is 423 g/mol. The molecule has 132 valence electrons. The molecular formula is C18H19BrN2O3S. The Kier molecular flexibility index (Phi) is 5.44. The third-order valence-corrected chi connectivity index (χ3v) is 6.45. The highest BCUT2D eigenvalue weighted by Gasteiger charge is 2.29. The molecule has 1 aliphatic rings. The number of hydrogen-bond donors (Lipinski definition) is 0. The van der Waals surface area contributed by atoms with Gasteiger partial charge in [0.1, 0.15) is 6.54 Å². The van der Waals surface area contributed by atoms with Crippen LogP contribution in [0.2, 0.25) is 0 Å². The highest BCUT2D eigenvalue weighted by molar-refractivity contribution is 9.10. The van der Waals surface area contributed by atoms with E-state index in [1.807, 2.05) is 6.07 Å². The van der Waals surface area contributed by atoms with Crippen LogP contribution in [0.1, 0.15) is 12.8 Å². The van der Waals surface area contributed by atoms with Crippen LogP contribution in [-0.2, 0) is 14.8 Å². The summed E-state index contributed by atoms with van der Waals surface area (Å²) < 4.78 is 28.2. The molecule has 5 nitrogen and oxygen atoms in total. The lowest BCUT2D eigenvalue weighted by atomic mass is 10.3. The number of likely N-dealkylation sites (tertiary alicyclic amines) is 1. The van der Waals surface area contributed by atoms with Gasteiger partial charge in [-0.15, -0.1) is 0 Å². The molecule has 0 spiro atoms. The van der Waals surface area contributed by atoms with Crippen molar-refractivity contribution in [2.24, 2.45) is 0 Å². The number of halogens is 1. The van der Waals surface area contributed by atoms with E-state index >= 15 is 0 Å². The molecule has 0 N–H and O–H groups in total. The fraction of sp³-hybridized carbons (Fsp3) is 0.278. The van der Waals surface area contributed by atoms with Crippen LogP contribution >= 0.6 is 15.9 Å². The van der Waals surface area contributed by atoms with Gasteiger partial charge in [0, 0.05) is 17.6 Å². The molecule has 0 saturated carbocycles. The summed E-state index contributed by atoms with van der Waals surface area (Å²) in [6.45, 7) is 1.18. The molecule has 1 heterocycles. The lowest BCUT2D eigenvalue weighted by molar-refractivity contribution is -0.128. The van der Waals surface area contributed by atoms with E-state index in [9.17, 15) is 13.2 Å². The van der Waals surface area contributed by atoms with Gasteiger partial charge in [-0.05, 0) is 43.2 Å². The van der Waals surface area contributed by atoms with Gasteiger partial charge in [-0.2, -0.15) is 0 Å². The minimum Gasteiger partial charge on any atom is -0.341 e. The van der Waals surface area contributed by atoms with Crippen molar-refractivity contribution < 1.29 is 13.2 Å². The summed E-state index contributed by atoms with van der Waals surface area (Å²) in [6.07, 6.45) is 1.93. The molecule has 0 bridgehead atoms. The number of amides is 1. The van der Waals surface area contributed by atoms with E-state index in [1.54, 1.807) is 53.4 Å². The molecular weight excluding hydrogens is 404 g/mol. The van der Waals surface area contributed by atoms with Crippen molar-refractivity contribution in [2.45, 2.75) is 17.7 Å². The SMILES string of the molecule is O=C(CN(c1cccc(Br)c1)S(=O)(=O)c1ccccc1)N1CCCC1. The molecule has 1 saturated heterocycles. The Bertz CT molecular complexity index is 850. The van der Waals surface area contributed by atoms with Crippen LogP contribution in [0.3, 0.4) is 0 Å². The van der Waals surface area contributed by atoms with Gasteiger partial charge in [-0.3, -0.25) is 9.10 Å². The van der Waals surface area contributed by atoms with Crippen molar-refractivity contribution in [1.29, 1.82) is 0 Å². The Morgan fingerprint density at radius 2 is 1.72 bits per heavy atom. The zero-order chi connectivity index (χ0) is 17.9. The molecule has 25 heavy (non-hydrogen) atoms. The van der Waals surface area contributed by atoms with Crippen LogP contribution in [0.4, 0.5) is 5.69 Å². The topological polar surface area (TPSA) is 57.7 Å². The van der Waals surface area contributed by atoms with Crippen molar-refractivity contribution in [2.75, 3.05) is 23.9 Å². The van der Waals surface area contributed by atoms with Crippen LogP contribution in [0.15, 0.2) is 64.0 Å². The van der Waals surface area contributed by atoms with E-state index < -0.39 is 10.0 Å². The maximum Gasteiger partial charge on any atom is 0.264 e. The van der Waals surface area contributed by atoms with Gasteiger partial charge in [-0.1, -0.05) is 40.2 Å². The van der Waals surface area contributed by atoms with Crippen LogP contribution in [0.5, 0.6) is 0 Å². The summed E-state index contributed by atoms with van der Waals surface area (Å²) in [5, 5.41) is 0. The maximum atomic E-state index is 13.1. The summed E-state index contributed by atoms with van der Waals surface area (Å²) in [4.78, 5) is 14.5. The van der Waals surface area contributed by atoms with Gasteiger partial charge in [0.25, 0.3) is 10.0 Å². The first kappa shape index (κ1) is 17.9. The first-order chi connectivity index (χ1) is 12.0. The molecule has 1 fully saturated rings. The van der Waals surface area contributed by atoms with Crippen LogP contribution < -0.4 is 4.31 Å². The Morgan fingerprint density at radius 1 is 1.04 bits per heavy atom. The molecule has 3 rings (SSSR count). The standard InChI is InChI=1S/C18H19BrN2O3S/c19-15-7-6-8-16(13-15)21(14-18(22)20-11-4-5-12-20)25(23,24)17-9-2-1-3-10-17/h1-3,6-10,13H,4-5,11-12,14H2. The fourth-order valence-electron chi connectivity index (χ4n) is 2.86. The highest BCUT2D eigenvalue weighted by Crippen LogP contribution is 2.26. The van der Waals surface area contributed by atoms with Crippen LogP contribution in [-0.4, -0.2) is 38.9 Å². The predicted molar refractivity (Wildman–Crippen MR) is 101 cm³/mol. The first-order valence-electron chi connectivity index (χ1n) is 8.09. The van der Waals surface area contributed by atoms with E-state index in [2.05, 4.69) is 15.9 Å². The third-order valence-electron chi connectivity index (χ3n) is 4.17. The Morgan fingerprint density at radius 3 is 2.36 bits per heavy atom. The molecule has 1 amide bonds. The number of benzene rings is 2. The number of nitrogens with zero attached hydrogens (tertiary/aromatic N) is 2. The number of hydrogen-bond acceptors (Lipinski definition) is 3. The zero-order valence-electron chi connectivity index (χ0n) is 13.6. The van der Waals surface area contributed by atoms with E-state index in [0.717, 1.165) is 17.3 Å². The summed E-state index contributed by atoms with van der Waals surface area (Å²) in [6, 6.07) is 15.2. The highest BCUT2D eigenvalue weighted by atomic mass is 79.9. The average Bonchev–Trinajstić information content (AvgIpc) is 3.15.